The Morgan fingerprint density at radius 3 is 2.73 bits per heavy atom. The van der Waals surface area contributed by atoms with E-state index in [1.54, 1.807) is 0 Å². The molecular weight excluding hydrogens is 188 g/mol. The van der Waals surface area contributed by atoms with Crippen LogP contribution in [0.15, 0.2) is 0 Å². The number of likely N-dealkylation sites (tertiary alicyclic amines) is 1. The fourth-order valence-corrected chi connectivity index (χ4v) is 2.38. The van der Waals surface area contributed by atoms with Gasteiger partial charge in [-0.25, -0.2) is 0 Å². The molecule has 0 saturated carbocycles. The summed E-state index contributed by atoms with van der Waals surface area (Å²) in [5.74, 6) is 0.891. The summed E-state index contributed by atoms with van der Waals surface area (Å²) in [4.78, 5) is 14.0. The molecule has 0 aromatic rings. The van der Waals surface area contributed by atoms with E-state index in [1.165, 1.54) is 0 Å². The van der Waals surface area contributed by atoms with Crippen molar-refractivity contribution in [2.75, 3.05) is 6.54 Å². The quantitative estimate of drug-likeness (QED) is 0.775. The highest BCUT2D eigenvalue weighted by atomic mass is 16.2. The first-order valence-corrected chi connectivity index (χ1v) is 6.12. The fraction of sp³-hybridized carbons (Fsp3) is 0.917. The maximum absolute atomic E-state index is 12.0. The van der Waals surface area contributed by atoms with Crippen molar-refractivity contribution < 1.29 is 4.79 Å². The summed E-state index contributed by atoms with van der Waals surface area (Å²) in [5, 5.41) is 0. The van der Waals surface area contributed by atoms with Crippen LogP contribution in [0.25, 0.3) is 0 Å². The molecule has 1 aliphatic rings. The minimum atomic E-state index is -0.286. The van der Waals surface area contributed by atoms with Crippen LogP contribution in [-0.2, 0) is 4.79 Å². The maximum Gasteiger partial charge on any atom is 0.239 e. The van der Waals surface area contributed by atoms with E-state index >= 15 is 0 Å². The molecule has 1 rings (SSSR count). The Morgan fingerprint density at radius 1 is 1.53 bits per heavy atom. The molecule has 1 amide bonds. The number of hydrogen-bond acceptors (Lipinski definition) is 2. The normalized spacial score (nSPS) is 28.9. The predicted molar refractivity (Wildman–Crippen MR) is 62.5 cm³/mol. The van der Waals surface area contributed by atoms with E-state index in [1.807, 2.05) is 4.90 Å². The van der Waals surface area contributed by atoms with Crippen LogP contribution in [0.1, 0.15) is 46.5 Å². The molecule has 0 bridgehead atoms. The Hall–Kier alpha value is -0.570. The van der Waals surface area contributed by atoms with Crippen LogP contribution in [0, 0.1) is 5.92 Å². The Balaban J connectivity index is 2.52. The largest absolute Gasteiger partial charge is 0.339 e. The minimum Gasteiger partial charge on any atom is -0.339 e. The van der Waals surface area contributed by atoms with Crippen molar-refractivity contribution in [3.63, 3.8) is 0 Å². The van der Waals surface area contributed by atoms with E-state index in [4.69, 9.17) is 5.73 Å². The first kappa shape index (κ1) is 12.5. The molecule has 1 heterocycles. The first-order chi connectivity index (χ1) is 7.06. The van der Waals surface area contributed by atoms with E-state index in [9.17, 15) is 4.79 Å². The summed E-state index contributed by atoms with van der Waals surface area (Å²) in [5.41, 5.74) is 5.86. The van der Waals surface area contributed by atoms with E-state index in [2.05, 4.69) is 20.8 Å². The van der Waals surface area contributed by atoms with Gasteiger partial charge in [0.2, 0.25) is 5.91 Å². The van der Waals surface area contributed by atoms with Gasteiger partial charge in [-0.1, -0.05) is 20.3 Å². The van der Waals surface area contributed by atoms with Crippen LogP contribution >= 0.6 is 0 Å². The van der Waals surface area contributed by atoms with Crippen molar-refractivity contribution >= 4 is 5.91 Å². The molecule has 88 valence electrons. The van der Waals surface area contributed by atoms with Crippen LogP contribution in [-0.4, -0.2) is 29.4 Å². The summed E-state index contributed by atoms with van der Waals surface area (Å²) in [6.07, 6.45) is 4.02. The van der Waals surface area contributed by atoms with E-state index in [0.29, 0.717) is 6.04 Å². The van der Waals surface area contributed by atoms with E-state index in [0.717, 1.165) is 38.1 Å². The lowest BCUT2D eigenvalue weighted by Crippen LogP contribution is -2.50. The van der Waals surface area contributed by atoms with Crippen LogP contribution < -0.4 is 5.73 Å². The summed E-state index contributed by atoms with van der Waals surface area (Å²) in [6.45, 7) is 7.34. The number of rotatable bonds is 3. The molecule has 0 spiro atoms. The number of carbonyl (C=O) groups excluding carboxylic acids is 1. The Labute approximate surface area is 93.0 Å². The van der Waals surface area contributed by atoms with Crippen molar-refractivity contribution in [1.82, 2.24) is 4.90 Å². The Morgan fingerprint density at radius 2 is 2.20 bits per heavy atom. The van der Waals surface area contributed by atoms with Crippen molar-refractivity contribution in [2.45, 2.75) is 58.5 Å². The highest BCUT2D eigenvalue weighted by Gasteiger charge is 2.29. The fourth-order valence-electron chi connectivity index (χ4n) is 2.38. The molecule has 1 aliphatic heterocycles. The lowest BCUT2D eigenvalue weighted by Gasteiger charge is -2.37. The lowest BCUT2D eigenvalue weighted by atomic mass is 9.92. The zero-order valence-electron chi connectivity index (χ0n) is 10.2. The average molecular weight is 212 g/mol. The molecule has 1 saturated heterocycles. The third kappa shape index (κ3) is 3.20. The molecule has 2 N–H and O–H groups in total. The van der Waals surface area contributed by atoms with Gasteiger partial charge in [0.15, 0.2) is 0 Å². The number of amides is 1. The van der Waals surface area contributed by atoms with Gasteiger partial charge >= 0.3 is 0 Å². The molecule has 0 aromatic heterocycles. The number of carbonyl (C=O) groups is 1. The van der Waals surface area contributed by atoms with Crippen LogP contribution in [0.3, 0.4) is 0 Å². The van der Waals surface area contributed by atoms with Gasteiger partial charge in [0, 0.05) is 12.6 Å². The van der Waals surface area contributed by atoms with Crippen LogP contribution in [0.5, 0.6) is 0 Å². The van der Waals surface area contributed by atoms with Crippen molar-refractivity contribution in [2.24, 2.45) is 11.7 Å². The summed E-state index contributed by atoms with van der Waals surface area (Å²) in [6, 6.07) is 0.0787. The second kappa shape index (κ2) is 5.50. The Bertz CT molecular complexity index is 218. The molecule has 0 radical (unpaired) electrons. The number of nitrogens with zero attached hydrogens (tertiary/aromatic N) is 1. The highest BCUT2D eigenvalue weighted by molar-refractivity contribution is 5.82. The molecule has 2 unspecified atom stereocenters. The van der Waals surface area contributed by atoms with Gasteiger partial charge in [0.05, 0.1) is 6.04 Å². The molecule has 15 heavy (non-hydrogen) atoms. The molecule has 1 fully saturated rings. The van der Waals surface area contributed by atoms with Gasteiger partial charge in [0.25, 0.3) is 0 Å². The summed E-state index contributed by atoms with van der Waals surface area (Å²) in [7, 11) is 0. The first-order valence-electron chi connectivity index (χ1n) is 6.12. The van der Waals surface area contributed by atoms with Crippen molar-refractivity contribution in [3.8, 4) is 0 Å². The van der Waals surface area contributed by atoms with E-state index in [-0.39, 0.29) is 11.9 Å². The van der Waals surface area contributed by atoms with Crippen LogP contribution in [0.2, 0.25) is 0 Å². The van der Waals surface area contributed by atoms with Gasteiger partial charge in [-0.05, 0) is 32.1 Å². The molecule has 3 atom stereocenters. The van der Waals surface area contributed by atoms with Crippen molar-refractivity contribution in [3.05, 3.63) is 0 Å². The number of hydrogen-bond donors (Lipinski definition) is 1. The standard InChI is InChI=1S/C12H24N2O/c1-4-5-11(13)12(15)14-7-6-9(2)8-10(14)3/h9-11H,4-8,13H2,1-3H3/t9?,10?,11-/m0/s1. The van der Waals surface area contributed by atoms with Gasteiger partial charge in [0.1, 0.15) is 0 Å². The zero-order chi connectivity index (χ0) is 11.4. The van der Waals surface area contributed by atoms with Crippen LogP contribution in [0.4, 0.5) is 0 Å². The predicted octanol–water partition coefficient (Wildman–Crippen LogP) is 1.76. The van der Waals surface area contributed by atoms with Gasteiger partial charge < -0.3 is 10.6 Å². The summed E-state index contributed by atoms with van der Waals surface area (Å²) < 4.78 is 0. The summed E-state index contributed by atoms with van der Waals surface area (Å²) >= 11 is 0. The zero-order valence-corrected chi connectivity index (χ0v) is 10.2. The third-order valence-corrected chi connectivity index (χ3v) is 3.34. The molecule has 0 aliphatic carbocycles. The number of piperidine rings is 1. The topological polar surface area (TPSA) is 46.3 Å². The van der Waals surface area contributed by atoms with Gasteiger partial charge in [-0.15, -0.1) is 0 Å². The second-order valence-electron chi connectivity index (χ2n) is 4.91. The molecule has 3 heteroatoms. The SMILES string of the molecule is CCC[C@H](N)C(=O)N1CCC(C)CC1C. The monoisotopic (exact) mass is 212 g/mol. The minimum absolute atomic E-state index is 0.149. The van der Waals surface area contributed by atoms with Gasteiger partial charge in [-0.3, -0.25) is 4.79 Å². The lowest BCUT2D eigenvalue weighted by molar-refractivity contribution is -0.136. The smallest absolute Gasteiger partial charge is 0.239 e. The Kier molecular flexibility index (Phi) is 4.58. The average Bonchev–Trinajstić information content (AvgIpc) is 2.17. The van der Waals surface area contributed by atoms with Crippen molar-refractivity contribution in [1.29, 1.82) is 0 Å². The van der Waals surface area contributed by atoms with Gasteiger partial charge in [-0.2, -0.15) is 0 Å². The second-order valence-corrected chi connectivity index (χ2v) is 4.91. The number of nitrogens with two attached hydrogens (primary N) is 1. The highest BCUT2D eigenvalue weighted by Crippen LogP contribution is 2.22. The molecule has 3 nitrogen and oxygen atoms in total. The third-order valence-electron chi connectivity index (χ3n) is 3.34. The molecular formula is C12H24N2O. The van der Waals surface area contributed by atoms with E-state index < -0.39 is 0 Å². The maximum atomic E-state index is 12.0. The molecule has 0 aromatic carbocycles.